The van der Waals surface area contributed by atoms with E-state index in [0.29, 0.717) is 17.7 Å². The number of amides is 1. The summed E-state index contributed by atoms with van der Waals surface area (Å²) in [4.78, 5) is 22.6. The van der Waals surface area contributed by atoms with E-state index in [-0.39, 0.29) is 12.0 Å². The minimum atomic E-state index is -1.22. The van der Waals surface area contributed by atoms with Crippen LogP contribution in [0.2, 0.25) is 0 Å². The third-order valence-electron chi connectivity index (χ3n) is 2.99. The van der Waals surface area contributed by atoms with Crippen molar-refractivity contribution in [2.24, 2.45) is 7.05 Å². The quantitative estimate of drug-likeness (QED) is 0.586. The van der Waals surface area contributed by atoms with E-state index in [0.717, 1.165) is 0 Å². The average Bonchev–Trinajstić information content (AvgIpc) is 2.77. The molecule has 0 aliphatic rings. The maximum atomic E-state index is 11.9. The van der Waals surface area contributed by atoms with Crippen LogP contribution in [0.3, 0.4) is 0 Å². The van der Waals surface area contributed by atoms with E-state index < -0.39 is 18.1 Å². The molecule has 7 heteroatoms. The molecule has 2 unspecified atom stereocenters. The number of carbonyl (C=O) groups is 2. The van der Waals surface area contributed by atoms with Gasteiger partial charge in [-0.25, -0.2) is 4.79 Å². The molecule has 1 aromatic rings. The molecule has 1 heterocycles. The number of rotatable bonds is 6. The van der Waals surface area contributed by atoms with Crippen LogP contribution in [0.5, 0.6) is 0 Å². The molecule has 7 nitrogen and oxygen atoms in total. The summed E-state index contributed by atoms with van der Waals surface area (Å²) in [6.07, 6.45) is 0.791. The Morgan fingerprint density at radius 2 is 2.19 bits per heavy atom. The van der Waals surface area contributed by atoms with Crippen molar-refractivity contribution in [3.05, 3.63) is 17.5 Å². The van der Waals surface area contributed by atoms with Crippen molar-refractivity contribution in [1.29, 1.82) is 0 Å². The van der Waals surface area contributed by atoms with Gasteiger partial charge in [-0.1, -0.05) is 20.8 Å². The Labute approximate surface area is 124 Å². The summed E-state index contributed by atoms with van der Waals surface area (Å²) in [6, 6.07) is -1.16. The number of hydrogen-bond acceptors (Lipinski definition) is 5. The van der Waals surface area contributed by atoms with Crippen molar-refractivity contribution in [3.8, 4) is 0 Å². The van der Waals surface area contributed by atoms with Crippen LogP contribution in [0.15, 0.2) is 6.20 Å². The Balaban J connectivity index is 3.17. The number of hydrogen-bond donors (Lipinski definition) is 2. The highest BCUT2D eigenvalue weighted by atomic mass is 16.5. The molecule has 0 saturated heterocycles. The first kappa shape index (κ1) is 17.2. The van der Waals surface area contributed by atoms with E-state index in [1.807, 2.05) is 20.8 Å². The van der Waals surface area contributed by atoms with Crippen molar-refractivity contribution in [1.82, 2.24) is 15.1 Å². The van der Waals surface area contributed by atoms with Gasteiger partial charge in [-0.15, -0.1) is 0 Å². The van der Waals surface area contributed by atoms with Gasteiger partial charge in [-0.3, -0.25) is 9.48 Å². The van der Waals surface area contributed by atoms with Crippen LogP contribution in [0.1, 0.15) is 45.1 Å². The van der Waals surface area contributed by atoms with E-state index >= 15 is 0 Å². The molecule has 1 aromatic heterocycles. The summed E-state index contributed by atoms with van der Waals surface area (Å²) in [6.45, 7) is 7.70. The number of aryl methyl sites for hydroxylation is 1. The van der Waals surface area contributed by atoms with Gasteiger partial charge >= 0.3 is 5.97 Å². The highest BCUT2D eigenvalue weighted by molar-refractivity contribution is 5.79. The molecule has 2 N–H and O–H groups in total. The van der Waals surface area contributed by atoms with Crippen LogP contribution in [0.4, 0.5) is 0 Å². The third-order valence-corrected chi connectivity index (χ3v) is 2.99. The Morgan fingerprint density at radius 3 is 2.67 bits per heavy atom. The molecule has 0 aliphatic carbocycles. The fourth-order valence-electron chi connectivity index (χ4n) is 2.08. The number of aliphatic hydroxyl groups is 1. The van der Waals surface area contributed by atoms with E-state index in [9.17, 15) is 14.7 Å². The molecule has 21 heavy (non-hydrogen) atoms. The smallest absolute Gasteiger partial charge is 0.331 e. The number of nitrogens with one attached hydrogen (secondary N) is 1. The summed E-state index contributed by atoms with van der Waals surface area (Å²) in [5, 5.41) is 17.1. The minimum Gasteiger partial charge on any atom is -0.464 e. The van der Waals surface area contributed by atoms with Crippen molar-refractivity contribution in [2.45, 2.75) is 45.3 Å². The molecule has 2 atom stereocenters. The lowest BCUT2D eigenvalue weighted by molar-refractivity contribution is -0.149. The molecule has 0 fully saturated rings. The lowest BCUT2D eigenvalue weighted by Gasteiger charge is -2.24. The van der Waals surface area contributed by atoms with E-state index in [2.05, 4.69) is 10.4 Å². The highest BCUT2D eigenvalue weighted by Crippen LogP contribution is 2.30. The second kappa shape index (κ2) is 6.71. The molecule has 0 aliphatic heterocycles. The Hall–Kier alpha value is -1.89. The van der Waals surface area contributed by atoms with Crippen LogP contribution < -0.4 is 5.32 Å². The first-order valence-corrected chi connectivity index (χ1v) is 6.80. The van der Waals surface area contributed by atoms with Gasteiger partial charge in [0, 0.05) is 24.2 Å². The van der Waals surface area contributed by atoms with E-state index in [1.54, 1.807) is 24.9 Å². The monoisotopic (exact) mass is 297 g/mol. The van der Waals surface area contributed by atoms with Crippen molar-refractivity contribution in [2.75, 3.05) is 6.61 Å². The molecule has 0 aromatic carbocycles. The SMILES string of the molecule is CCOC(=O)C(NC=O)C(O)c1cn(C)nc1C(C)(C)C. The largest absolute Gasteiger partial charge is 0.464 e. The number of esters is 1. The average molecular weight is 297 g/mol. The summed E-state index contributed by atoms with van der Waals surface area (Å²) >= 11 is 0. The standard InChI is InChI=1S/C14H23N3O4/c1-6-21-13(20)10(15-8-18)11(19)9-7-17(5)16-12(9)14(2,3)4/h7-8,10-11,19H,6H2,1-5H3,(H,15,18). The zero-order chi connectivity index (χ0) is 16.2. The van der Waals surface area contributed by atoms with Gasteiger partial charge in [0.25, 0.3) is 0 Å². The van der Waals surface area contributed by atoms with E-state index in [1.165, 1.54) is 0 Å². The molecule has 118 valence electrons. The molecular formula is C14H23N3O4. The van der Waals surface area contributed by atoms with Crippen LogP contribution >= 0.6 is 0 Å². The fourth-order valence-corrected chi connectivity index (χ4v) is 2.08. The zero-order valence-corrected chi connectivity index (χ0v) is 13.1. The van der Waals surface area contributed by atoms with Crippen LogP contribution in [-0.2, 0) is 26.8 Å². The Kier molecular flexibility index (Phi) is 5.48. The van der Waals surface area contributed by atoms with Crippen LogP contribution in [0.25, 0.3) is 0 Å². The van der Waals surface area contributed by atoms with Gasteiger partial charge in [-0.05, 0) is 6.92 Å². The summed E-state index contributed by atoms with van der Waals surface area (Å²) in [7, 11) is 1.73. The molecule has 0 bridgehead atoms. The minimum absolute atomic E-state index is 0.168. The number of aromatic nitrogens is 2. The van der Waals surface area contributed by atoms with Crippen LogP contribution in [-0.4, -0.2) is 39.9 Å². The topological polar surface area (TPSA) is 93.5 Å². The van der Waals surface area contributed by atoms with E-state index in [4.69, 9.17) is 4.74 Å². The maximum absolute atomic E-state index is 11.9. The van der Waals surface area contributed by atoms with Gasteiger partial charge in [0.15, 0.2) is 6.04 Å². The molecular weight excluding hydrogens is 274 g/mol. The number of aliphatic hydroxyl groups excluding tert-OH is 1. The molecule has 0 radical (unpaired) electrons. The second-order valence-corrected chi connectivity index (χ2v) is 5.82. The van der Waals surface area contributed by atoms with Crippen molar-refractivity contribution in [3.63, 3.8) is 0 Å². The highest BCUT2D eigenvalue weighted by Gasteiger charge is 2.34. The first-order chi connectivity index (χ1) is 9.72. The summed E-state index contributed by atoms with van der Waals surface area (Å²) < 4.78 is 6.46. The molecule has 1 amide bonds. The first-order valence-electron chi connectivity index (χ1n) is 6.80. The van der Waals surface area contributed by atoms with Gasteiger partial charge < -0.3 is 15.2 Å². The van der Waals surface area contributed by atoms with Crippen molar-refractivity contribution >= 4 is 12.4 Å². The zero-order valence-electron chi connectivity index (χ0n) is 13.1. The fraction of sp³-hybridized carbons (Fsp3) is 0.643. The number of carbonyl (C=O) groups excluding carboxylic acids is 2. The maximum Gasteiger partial charge on any atom is 0.331 e. The number of nitrogens with zero attached hydrogens (tertiary/aromatic N) is 2. The second-order valence-electron chi connectivity index (χ2n) is 5.82. The van der Waals surface area contributed by atoms with Crippen LogP contribution in [0, 0.1) is 0 Å². The molecule has 1 rings (SSSR count). The predicted octanol–water partition coefficient (Wildman–Crippen LogP) is 0.429. The third kappa shape index (κ3) is 4.04. The summed E-state index contributed by atoms with van der Waals surface area (Å²) in [5.74, 6) is -0.680. The Morgan fingerprint density at radius 1 is 1.57 bits per heavy atom. The normalized spacial score (nSPS) is 14.4. The predicted molar refractivity (Wildman–Crippen MR) is 76.5 cm³/mol. The van der Waals surface area contributed by atoms with Gasteiger partial charge in [0.2, 0.25) is 6.41 Å². The lowest BCUT2D eigenvalue weighted by atomic mass is 9.87. The van der Waals surface area contributed by atoms with Gasteiger partial charge in [0.1, 0.15) is 6.10 Å². The van der Waals surface area contributed by atoms with Crippen molar-refractivity contribution < 1.29 is 19.4 Å². The number of ether oxygens (including phenoxy) is 1. The van der Waals surface area contributed by atoms with Gasteiger partial charge in [-0.2, -0.15) is 5.10 Å². The Bertz CT molecular complexity index is 505. The molecule has 0 spiro atoms. The summed E-state index contributed by atoms with van der Waals surface area (Å²) in [5.41, 5.74) is 0.856. The van der Waals surface area contributed by atoms with Gasteiger partial charge in [0.05, 0.1) is 12.3 Å². The molecule has 0 saturated carbocycles. The lowest BCUT2D eigenvalue weighted by Crippen LogP contribution is -2.42.